The Morgan fingerprint density at radius 3 is 2.12 bits per heavy atom. The van der Waals surface area contributed by atoms with Gasteiger partial charge in [0.05, 0.1) is 22.2 Å². The summed E-state index contributed by atoms with van der Waals surface area (Å²) < 4.78 is 2.41. The number of aromatic amines is 1. The molecule has 0 aliphatic rings. The van der Waals surface area contributed by atoms with Gasteiger partial charge < -0.3 is 9.55 Å². The highest BCUT2D eigenvalue weighted by atomic mass is 15.0. The summed E-state index contributed by atoms with van der Waals surface area (Å²) in [6.45, 7) is 0. The largest absolute Gasteiger partial charge is 0.354 e. The fraction of sp³-hybridized carbons (Fsp3) is 0. The number of hydrogen-bond donors (Lipinski definition) is 1. The number of nitrogens with zero attached hydrogens (tertiary/aromatic N) is 1. The van der Waals surface area contributed by atoms with Crippen LogP contribution in [0.15, 0.2) is 115 Å². The Kier molecular flexibility index (Phi) is 3.58. The van der Waals surface area contributed by atoms with Crippen molar-refractivity contribution in [1.82, 2.24) is 9.55 Å². The maximum atomic E-state index is 3.71. The first-order valence-electron chi connectivity index (χ1n) is 11.0. The van der Waals surface area contributed by atoms with Crippen LogP contribution >= 0.6 is 0 Å². The third kappa shape index (κ3) is 2.35. The minimum atomic E-state index is 1.18. The molecule has 0 saturated heterocycles. The maximum absolute atomic E-state index is 3.71. The molecule has 7 rings (SSSR count). The number of nitrogens with one attached hydrogen (secondary N) is 1. The lowest BCUT2D eigenvalue weighted by Crippen LogP contribution is -1.96. The van der Waals surface area contributed by atoms with Gasteiger partial charge in [-0.1, -0.05) is 91.0 Å². The van der Waals surface area contributed by atoms with Gasteiger partial charge in [0, 0.05) is 32.6 Å². The summed E-state index contributed by atoms with van der Waals surface area (Å²) >= 11 is 0. The molecule has 0 aliphatic carbocycles. The molecule has 0 radical (unpaired) electrons. The molecule has 0 amide bonds. The molecule has 0 saturated carbocycles. The molecule has 2 aromatic heterocycles. The molecule has 0 bridgehead atoms. The van der Waals surface area contributed by atoms with Crippen molar-refractivity contribution < 1.29 is 0 Å². The Balaban J connectivity index is 1.66. The Hall–Kier alpha value is -4.30. The van der Waals surface area contributed by atoms with Gasteiger partial charge >= 0.3 is 0 Å². The first-order valence-corrected chi connectivity index (χ1v) is 11.0. The Labute approximate surface area is 185 Å². The van der Waals surface area contributed by atoms with E-state index in [1.165, 1.54) is 60.4 Å². The topological polar surface area (TPSA) is 20.7 Å². The number of para-hydroxylation sites is 3. The van der Waals surface area contributed by atoms with Gasteiger partial charge in [-0.15, -0.1) is 0 Å². The molecule has 1 N–H and O–H groups in total. The first kappa shape index (κ1) is 17.4. The average molecular weight is 409 g/mol. The van der Waals surface area contributed by atoms with Gasteiger partial charge in [0.2, 0.25) is 0 Å². The lowest BCUT2D eigenvalue weighted by Gasteiger charge is -2.14. The van der Waals surface area contributed by atoms with E-state index in [1.54, 1.807) is 0 Å². The van der Waals surface area contributed by atoms with Crippen molar-refractivity contribution in [1.29, 1.82) is 0 Å². The van der Waals surface area contributed by atoms with Crippen molar-refractivity contribution >= 4 is 43.6 Å². The molecule has 5 aromatic carbocycles. The second-order valence-corrected chi connectivity index (χ2v) is 8.29. The fourth-order valence-corrected chi connectivity index (χ4v) is 5.17. The Bertz CT molecular complexity index is 1770. The Morgan fingerprint density at radius 1 is 0.500 bits per heavy atom. The number of fused-ring (bicyclic) bond motifs is 7. The molecule has 0 aliphatic heterocycles. The van der Waals surface area contributed by atoms with Gasteiger partial charge in [0.1, 0.15) is 0 Å². The first-order chi connectivity index (χ1) is 15.9. The molecule has 2 heteroatoms. The highest BCUT2D eigenvalue weighted by Gasteiger charge is 2.18. The SMILES string of the molecule is c1ccc(-c2ccccc2-n2c3ccccc3c3c4[nH]c5ccccc5c4ccc32)cc1. The highest BCUT2D eigenvalue weighted by Crippen LogP contribution is 2.40. The molecule has 0 atom stereocenters. The van der Waals surface area contributed by atoms with Gasteiger partial charge in [-0.3, -0.25) is 0 Å². The van der Waals surface area contributed by atoms with Gasteiger partial charge in [-0.05, 0) is 29.8 Å². The summed E-state index contributed by atoms with van der Waals surface area (Å²) in [4.78, 5) is 3.71. The van der Waals surface area contributed by atoms with Crippen LogP contribution in [0.1, 0.15) is 0 Å². The van der Waals surface area contributed by atoms with E-state index < -0.39 is 0 Å². The highest BCUT2D eigenvalue weighted by molar-refractivity contribution is 6.25. The van der Waals surface area contributed by atoms with Crippen molar-refractivity contribution in [3.05, 3.63) is 115 Å². The third-order valence-corrected chi connectivity index (χ3v) is 6.55. The summed E-state index contributed by atoms with van der Waals surface area (Å²) in [5.41, 5.74) is 8.46. The van der Waals surface area contributed by atoms with E-state index >= 15 is 0 Å². The van der Waals surface area contributed by atoms with Crippen LogP contribution in [0.2, 0.25) is 0 Å². The minimum Gasteiger partial charge on any atom is -0.354 e. The number of H-pyrrole nitrogens is 1. The van der Waals surface area contributed by atoms with E-state index in [0.717, 1.165) is 0 Å². The summed E-state index contributed by atoms with van der Waals surface area (Å²) in [5.74, 6) is 0. The van der Waals surface area contributed by atoms with E-state index in [2.05, 4.69) is 125 Å². The monoisotopic (exact) mass is 408 g/mol. The lowest BCUT2D eigenvalue weighted by molar-refractivity contribution is 1.18. The van der Waals surface area contributed by atoms with Crippen molar-refractivity contribution in [2.45, 2.75) is 0 Å². The third-order valence-electron chi connectivity index (χ3n) is 6.55. The minimum absolute atomic E-state index is 1.18. The number of aromatic nitrogens is 2. The number of rotatable bonds is 2. The predicted molar refractivity (Wildman–Crippen MR) is 136 cm³/mol. The normalized spacial score (nSPS) is 11.8. The molecule has 2 nitrogen and oxygen atoms in total. The molecule has 0 unspecified atom stereocenters. The van der Waals surface area contributed by atoms with Gasteiger partial charge in [-0.25, -0.2) is 0 Å². The summed E-state index contributed by atoms with van der Waals surface area (Å²) in [6, 6.07) is 41.2. The summed E-state index contributed by atoms with van der Waals surface area (Å²) in [7, 11) is 0. The van der Waals surface area contributed by atoms with Crippen LogP contribution in [-0.4, -0.2) is 9.55 Å². The van der Waals surface area contributed by atoms with E-state index in [0.29, 0.717) is 0 Å². The lowest BCUT2D eigenvalue weighted by atomic mass is 10.0. The quantitative estimate of drug-likeness (QED) is 0.298. The fourth-order valence-electron chi connectivity index (χ4n) is 5.17. The number of hydrogen-bond acceptors (Lipinski definition) is 0. The molecule has 0 fully saturated rings. The average Bonchev–Trinajstić information content (AvgIpc) is 3.40. The van der Waals surface area contributed by atoms with Crippen molar-refractivity contribution in [2.24, 2.45) is 0 Å². The molecule has 7 aromatic rings. The van der Waals surface area contributed by atoms with Crippen LogP contribution in [0.4, 0.5) is 0 Å². The van der Waals surface area contributed by atoms with E-state index in [-0.39, 0.29) is 0 Å². The van der Waals surface area contributed by atoms with Gasteiger partial charge in [0.15, 0.2) is 0 Å². The summed E-state index contributed by atoms with van der Waals surface area (Å²) in [6.07, 6.45) is 0. The smallest absolute Gasteiger partial charge is 0.0566 e. The Morgan fingerprint density at radius 2 is 1.22 bits per heavy atom. The van der Waals surface area contributed by atoms with E-state index in [1.807, 2.05) is 0 Å². The molecule has 150 valence electrons. The standard InChI is InChI=1S/C30H20N2/c1-2-10-20(11-3-1)21-12-5-8-16-26(21)32-27-17-9-6-14-24(27)29-28(32)19-18-23-22-13-4-7-15-25(22)31-30(23)29/h1-19,31H. The second-order valence-electron chi connectivity index (χ2n) is 8.29. The van der Waals surface area contributed by atoms with Crippen LogP contribution in [0.5, 0.6) is 0 Å². The zero-order chi connectivity index (χ0) is 21.1. The molecular formula is C30H20N2. The van der Waals surface area contributed by atoms with Crippen molar-refractivity contribution in [2.75, 3.05) is 0 Å². The van der Waals surface area contributed by atoms with Gasteiger partial charge in [-0.2, -0.15) is 0 Å². The van der Waals surface area contributed by atoms with Crippen LogP contribution in [-0.2, 0) is 0 Å². The molecule has 0 spiro atoms. The van der Waals surface area contributed by atoms with Crippen LogP contribution in [0.3, 0.4) is 0 Å². The predicted octanol–water partition coefficient (Wildman–Crippen LogP) is 8.09. The van der Waals surface area contributed by atoms with Crippen LogP contribution < -0.4 is 0 Å². The molecular weight excluding hydrogens is 388 g/mol. The molecule has 32 heavy (non-hydrogen) atoms. The zero-order valence-electron chi connectivity index (χ0n) is 17.4. The van der Waals surface area contributed by atoms with Crippen LogP contribution in [0, 0.1) is 0 Å². The second kappa shape index (κ2) is 6.60. The number of benzene rings is 5. The maximum Gasteiger partial charge on any atom is 0.0566 e. The van der Waals surface area contributed by atoms with Gasteiger partial charge in [0.25, 0.3) is 0 Å². The van der Waals surface area contributed by atoms with Crippen LogP contribution in [0.25, 0.3) is 60.4 Å². The van der Waals surface area contributed by atoms with E-state index in [9.17, 15) is 0 Å². The van der Waals surface area contributed by atoms with E-state index in [4.69, 9.17) is 0 Å². The zero-order valence-corrected chi connectivity index (χ0v) is 17.4. The van der Waals surface area contributed by atoms with Crippen molar-refractivity contribution in [3.8, 4) is 16.8 Å². The van der Waals surface area contributed by atoms with Crippen molar-refractivity contribution in [3.63, 3.8) is 0 Å². The molecule has 2 heterocycles. The summed E-state index contributed by atoms with van der Waals surface area (Å²) in [5, 5.41) is 5.08.